The highest BCUT2D eigenvalue weighted by molar-refractivity contribution is 5.78. The van der Waals surface area contributed by atoms with Crippen molar-refractivity contribution in [1.82, 2.24) is 10.2 Å². The molecule has 0 spiro atoms. The second kappa shape index (κ2) is 8.99. The fourth-order valence-electron chi connectivity index (χ4n) is 2.81. The van der Waals surface area contributed by atoms with E-state index in [0.717, 1.165) is 12.8 Å². The van der Waals surface area contributed by atoms with E-state index in [1.807, 2.05) is 15.9 Å². The molecule has 134 valence electrons. The number of nitrogens with zero attached hydrogens (tertiary/aromatic N) is 4. The Balaban J connectivity index is 1.95. The molecule has 1 amide bonds. The summed E-state index contributed by atoms with van der Waals surface area (Å²) in [6, 6.07) is 6.41. The third-order valence-electron chi connectivity index (χ3n) is 4.23. The number of hydrogen-bond acceptors (Lipinski definition) is 6. The van der Waals surface area contributed by atoms with Gasteiger partial charge in [-0.1, -0.05) is 13.3 Å². The Bertz CT molecular complexity index is 663. The van der Waals surface area contributed by atoms with Crippen molar-refractivity contribution < 1.29 is 9.72 Å². The van der Waals surface area contributed by atoms with E-state index in [-0.39, 0.29) is 11.6 Å². The number of carbonyl (C=O) groups excluding carboxylic acids is 1. The Kier molecular flexibility index (Phi) is 6.71. The normalized spacial score (nSPS) is 14.8. The highest BCUT2D eigenvalue weighted by atomic mass is 16.6. The number of nitro benzene ring substituents is 1. The summed E-state index contributed by atoms with van der Waals surface area (Å²) in [4.78, 5) is 26.6. The SMILES string of the molecule is CCCCNC(=O)CN1CCN(c2cc(C#N)ccc2[N+](=O)[O-])CC1. The highest BCUT2D eigenvalue weighted by Gasteiger charge is 2.24. The van der Waals surface area contributed by atoms with E-state index in [2.05, 4.69) is 12.2 Å². The van der Waals surface area contributed by atoms with Crippen molar-refractivity contribution in [2.45, 2.75) is 19.8 Å². The smallest absolute Gasteiger partial charge is 0.292 e. The van der Waals surface area contributed by atoms with Crippen molar-refractivity contribution >= 4 is 17.3 Å². The number of anilines is 1. The van der Waals surface area contributed by atoms with E-state index in [0.29, 0.717) is 50.5 Å². The van der Waals surface area contributed by atoms with Crippen molar-refractivity contribution in [2.24, 2.45) is 0 Å². The molecule has 0 unspecified atom stereocenters. The molecular weight excluding hydrogens is 322 g/mol. The highest BCUT2D eigenvalue weighted by Crippen LogP contribution is 2.29. The van der Waals surface area contributed by atoms with E-state index in [9.17, 15) is 14.9 Å². The van der Waals surface area contributed by atoms with Gasteiger partial charge >= 0.3 is 0 Å². The number of rotatable bonds is 7. The molecular formula is C17H23N5O3. The lowest BCUT2D eigenvalue weighted by atomic mass is 10.1. The van der Waals surface area contributed by atoms with Gasteiger partial charge in [-0.05, 0) is 18.6 Å². The fourth-order valence-corrected chi connectivity index (χ4v) is 2.81. The van der Waals surface area contributed by atoms with E-state index in [1.54, 1.807) is 6.07 Å². The van der Waals surface area contributed by atoms with Crippen LogP contribution in [-0.4, -0.2) is 55.0 Å². The third-order valence-corrected chi connectivity index (χ3v) is 4.23. The molecule has 1 N–H and O–H groups in total. The number of nitro groups is 1. The maximum Gasteiger partial charge on any atom is 0.292 e. The molecule has 0 atom stereocenters. The maximum absolute atomic E-state index is 11.9. The van der Waals surface area contributed by atoms with E-state index in [4.69, 9.17) is 5.26 Å². The van der Waals surface area contributed by atoms with Gasteiger partial charge in [0.25, 0.3) is 5.69 Å². The van der Waals surface area contributed by atoms with Crippen molar-refractivity contribution in [3.05, 3.63) is 33.9 Å². The van der Waals surface area contributed by atoms with E-state index >= 15 is 0 Å². The number of benzene rings is 1. The van der Waals surface area contributed by atoms with Gasteiger partial charge in [0.1, 0.15) is 5.69 Å². The summed E-state index contributed by atoms with van der Waals surface area (Å²) in [5.74, 6) is 0.0133. The molecule has 8 nitrogen and oxygen atoms in total. The van der Waals surface area contributed by atoms with Crippen molar-refractivity contribution in [3.8, 4) is 6.07 Å². The van der Waals surface area contributed by atoms with Crippen LogP contribution in [-0.2, 0) is 4.79 Å². The summed E-state index contributed by atoms with van der Waals surface area (Å²) in [5, 5.41) is 23.2. The summed E-state index contributed by atoms with van der Waals surface area (Å²) in [6.45, 7) is 5.58. The number of piperazine rings is 1. The van der Waals surface area contributed by atoms with Gasteiger partial charge in [-0.15, -0.1) is 0 Å². The molecule has 1 aromatic carbocycles. The molecule has 0 aromatic heterocycles. The second-order valence-corrected chi connectivity index (χ2v) is 6.04. The first kappa shape index (κ1) is 18.7. The third kappa shape index (κ3) is 5.16. The van der Waals surface area contributed by atoms with Gasteiger partial charge in [-0.2, -0.15) is 5.26 Å². The first-order valence-electron chi connectivity index (χ1n) is 8.47. The van der Waals surface area contributed by atoms with Crippen LogP contribution in [0.3, 0.4) is 0 Å². The molecule has 0 bridgehead atoms. The Morgan fingerprint density at radius 2 is 2.08 bits per heavy atom. The predicted molar refractivity (Wildman–Crippen MR) is 94.4 cm³/mol. The molecule has 0 saturated carbocycles. The summed E-state index contributed by atoms with van der Waals surface area (Å²) in [7, 11) is 0. The van der Waals surface area contributed by atoms with E-state index in [1.165, 1.54) is 12.1 Å². The Morgan fingerprint density at radius 1 is 1.36 bits per heavy atom. The number of hydrogen-bond donors (Lipinski definition) is 1. The summed E-state index contributed by atoms with van der Waals surface area (Å²) < 4.78 is 0. The zero-order chi connectivity index (χ0) is 18.2. The van der Waals surface area contributed by atoms with Crippen LogP contribution in [0, 0.1) is 21.4 Å². The zero-order valence-electron chi connectivity index (χ0n) is 14.4. The van der Waals surface area contributed by atoms with Gasteiger partial charge in [0, 0.05) is 38.8 Å². The Hall–Kier alpha value is -2.66. The molecule has 1 aliphatic heterocycles. The summed E-state index contributed by atoms with van der Waals surface area (Å²) >= 11 is 0. The van der Waals surface area contributed by atoms with Crippen molar-refractivity contribution in [1.29, 1.82) is 5.26 Å². The molecule has 1 fully saturated rings. The summed E-state index contributed by atoms with van der Waals surface area (Å²) in [6.07, 6.45) is 2.01. The van der Waals surface area contributed by atoms with Gasteiger partial charge in [-0.25, -0.2) is 0 Å². The molecule has 0 radical (unpaired) electrons. The Labute approximate surface area is 147 Å². The number of nitriles is 1. The number of nitrogens with one attached hydrogen (secondary N) is 1. The lowest BCUT2D eigenvalue weighted by molar-refractivity contribution is -0.384. The van der Waals surface area contributed by atoms with Crippen LogP contribution in [0.5, 0.6) is 0 Å². The molecule has 1 saturated heterocycles. The van der Waals surface area contributed by atoms with Crippen LogP contribution in [0.2, 0.25) is 0 Å². The average Bonchev–Trinajstić information content (AvgIpc) is 2.62. The van der Waals surface area contributed by atoms with Crippen LogP contribution in [0.25, 0.3) is 0 Å². The maximum atomic E-state index is 11.9. The molecule has 1 aromatic rings. The largest absolute Gasteiger partial charge is 0.363 e. The lowest BCUT2D eigenvalue weighted by Gasteiger charge is -2.35. The Morgan fingerprint density at radius 3 is 2.68 bits per heavy atom. The minimum absolute atomic E-state index is 0.00441. The van der Waals surface area contributed by atoms with Gasteiger partial charge in [0.15, 0.2) is 0 Å². The summed E-state index contributed by atoms with van der Waals surface area (Å²) in [5.41, 5.74) is 0.874. The zero-order valence-corrected chi connectivity index (χ0v) is 14.4. The van der Waals surface area contributed by atoms with Crippen LogP contribution in [0.15, 0.2) is 18.2 Å². The van der Waals surface area contributed by atoms with Crippen molar-refractivity contribution in [3.63, 3.8) is 0 Å². The molecule has 1 aliphatic rings. The molecule has 25 heavy (non-hydrogen) atoms. The predicted octanol–water partition coefficient (Wildman–Crippen LogP) is 1.50. The number of amides is 1. The molecule has 8 heteroatoms. The standard InChI is InChI=1S/C17H23N5O3/c1-2-3-6-19-17(23)13-20-7-9-21(10-8-20)16-11-14(12-18)4-5-15(16)22(24)25/h4-5,11H,2-3,6-10,13H2,1H3,(H,19,23). The minimum Gasteiger partial charge on any atom is -0.363 e. The van der Waals surface area contributed by atoms with Crippen molar-refractivity contribution in [2.75, 3.05) is 44.2 Å². The van der Waals surface area contributed by atoms with Crippen LogP contribution in [0.4, 0.5) is 11.4 Å². The molecule has 1 heterocycles. The fraction of sp³-hybridized carbons (Fsp3) is 0.529. The second-order valence-electron chi connectivity index (χ2n) is 6.04. The first-order chi connectivity index (χ1) is 12.0. The monoisotopic (exact) mass is 345 g/mol. The van der Waals surface area contributed by atoms with Crippen LogP contribution in [0.1, 0.15) is 25.3 Å². The van der Waals surface area contributed by atoms with Gasteiger partial charge in [-0.3, -0.25) is 19.8 Å². The van der Waals surface area contributed by atoms with Gasteiger partial charge in [0.2, 0.25) is 5.91 Å². The van der Waals surface area contributed by atoms with Gasteiger partial charge in [0.05, 0.1) is 23.1 Å². The number of unbranched alkanes of at least 4 members (excludes halogenated alkanes) is 1. The minimum atomic E-state index is -0.427. The van der Waals surface area contributed by atoms with Crippen LogP contribution >= 0.6 is 0 Å². The van der Waals surface area contributed by atoms with Crippen LogP contribution < -0.4 is 10.2 Å². The average molecular weight is 345 g/mol. The lowest BCUT2D eigenvalue weighted by Crippen LogP contribution is -2.49. The number of carbonyl (C=O) groups is 1. The molecule has 0 aliphatic carbocycles. The quantitative estimate of drug-likeness (QED) is 0.456. The first-order valence-corrected chi connectivity index (χ1v) is 8.47. The molecule has 2 rings (SSSR count). The topological polar surface area (TPSA) is 103 Å². The van der Waals surface area contributed by atoms with Gasteiger partial charge < -0.3 is 10.2 Å². The van der Waals surface area contributed by atoms with E-state index < -0.39 is 4.92 Å².